The van der Waals surface area contributed by atoms with Crippen LogP contribution in [0.1, 0.15) is 6.42 Å². The molecule has 21 heavy (non-hydrogen) atoms. The van der Waals surface area contributed by atoms with E-state index in [1.165, 1.54) is 0 Å². The molecule has 2 rings (SSSR count). The summed E-state index contributed by atoms with van der Waals surface area (Å²) in [7, 11) is -3.43. The van der Waals surface area contributed by atoms with Crippen LogP contribution in [0.4, 0.5) is 0 Å². The first-order chi connectivity index (χ1) is 9.59. The highest BCUT2D eigenvalue weighted by Crippen LogP contribution is 2.20. The lowest BCUT2D eigenvalue weighted by molar-refractivity contribution is 0.0376. The summed E-state index contributed by atoms with van der Waals surface area (Å²) in [4.78, 5) is 2.57. The summed E-state index contributed by atoms with van der Waals surface area (Å²) in [5, 5.41) is 0. The van der Waals surface area contributed by atoms with Gasteiger partial charge in [0.05, 0.1) is 18.1 Å². The maximum atomic E-state index is 12.1. The van der Waals surface area contributed by atoms with Crippen LogP contribution in [0.5, 0.6) is 0 Å². The van der Waals surface area contributed by atoms with Gasteiger partial charge in [0.2, 0.25) is 10.0 Å². The average molecular weight is 400 g/mol. The molecule has 1 aliphatic rings. The molecule has 0 radical (unpaired) electrons. The molecule has 0 saturated carbocycles. The fourth-order valence-electron chi connectivity index (χ4n) is 2.07. The molecule has 0 spiro atoms. The lowest BCUT2D eigenvalue weighted by Gasteiger charge is -2.26. The second kappa shape index (κ2) is 9.07. The van der Waals surface area contributed by atoms with E-state index in [0.29, 0.717) is 11.0 Å². The van der Waals surface area contributed by atoms with Crippen molar-refractivity contribution in [2.75, 3.05) is 39.4 Å². The van der Waals surface area contributed by atoms with Crippen molar-refractivity contribution in [3.8, 4) is 0 Å². The number of nitrogens with zero attached hydrogens (tertiary/aromatic N) is 1. The van der Waals surface area contributed by atoms with Crippen molar-refractivity contribution in [2.24, 2.45) is 0 Å². The first-order valence-corrected chi connectivity index (χ1v) is 8.91. The minimum absolute atomic E-state index is 0. The molecule has 8 heteroatoms. The van der Waals surface area contributed by atoms with Gasteiger partial charge in [0, 0.05) is 24.1 Å². The highest BCUT2D eigenvalue weighted by molar-refractivity contribution is 9.10. The van der Waals surface area contributed by atoms with Crippen LogP contribution in [0.2, 0.25) is 0 Å². The highest BCUT2D eigenvalue weighted by atomic mass is 79.9. The molecule has 1 aromatic rings. The zero-order chi connectivity index (χ0) is 14.4. The molecule has 5 nitrogen and oxygen atoms in total. The molecule has 120 valence electrons. The minimum Gasteiger partial charge on any atom is -0.379 e. The Morgan fingerprint density at radius 2 is 1.90 bits per heavy atom. The van der Waals surface area contributed by atoms with Gasteiger partial charge in [0.15, 0.2) is 0 Å². The zero-order valence-corrected chi connectivity index (χ0v) is 14.8. The van der Waals surface area contributed by atoms with Crippen molar-refractivity contribution in [1.82, 2.24) is 9.62 Å². The summed E-state index contributed by atoms with van der Waals surface area (Å²) >= 11 is 3.26. The number of benzene rings is 1. The molecule has 1 fully saturated rings. The van der Waals surface area contributed by atoms with E-state index in [1.54, 1.807) is 24.3 Å². The van der Waals surface area contributed by atoms with Gasteiger partial charge in [-0.25, -0.2) is 13.1 Å². The lowest BCUT2D eigenvalue weighted by Crippen LogP contribution is -2.38. The molecule has 0 unspecified atom stereocenters. The standard InChI is InChI=1S/C13H19BrN2O3S.ClH/c14-12-4-1-2-5-13(12)20(17,18)15-6-3-7-16-8-10-19-11-9-16;/h1-2,4-5,15H,3,6-11H2;1H. The topological polar surface area (TPSA) is 58.6 Å². The Morgan fingerprint density at radius 1 is 1.24 bits per heavy atom. The van der Waals surface area contributed by atoms with Crippen LogP contribution < -0.4 is 4.72 Å². The molecule has 1 saturated heterocycles. The Balaban J connectivity index is 0.00000220. The first-order valence-electron chi connectivity index (χ1n) is 6.64. The zero-order valence-electron chi connectivity index (χ0n) is 11.6. The van der Waals surface area contributed by atoms with E-state index in [-0.39, 0.29) is 17.3 Å². The Morgan fingerprint density at radius 3 is 2.57 bits per heavy atom. The molecule has 0 bridgehead atoms. The Hall–Kier alpha value is -0.180. The molecular weight excluding hydrogens is 380 g/mol. The van der Waals surface area contributed by atoms with Crippen LogP contribution in [-0.4, -0.2) is 52.7 Å². The third-order valence-electron chi connectivity index (χ3n) is 3.17. The van der Waals surface area contributed by atoms with Crippen LogP contribution in [0.3, 0.4) is 0 Å². The van der Waals surface area contributed by atoms with Crippen LogP contribution in [0.25, 0.3) is 0 Å². The molecule has 1 aromatic carbocycles. The van der Waals surface area contributed by atoms with Crippen molar-refractivity contribution >= 4 is 38.4 Å². The summed E-state index contributed by atoms with van der Waals surface area (Å²) in [6.45, 7) is 4.72. The van der Waals surface area contributed by atoms with Gasteiger partial charge < -0.3 is 4.74 Å². The number of hydrogen-bond donors (Lipinski definition) is 1. The average Bonchev–Trinajstić information content (AvgIpc) is 2.45. The number of sulfonamides is 1. The van der Waals surface area contributed by atoms with Crippen LogP contribution in [-0.2, 0) is 14.8 Å². The van der Waals surface area contributed by atoms with Crippen LogP contribution >= 0.6 is 28.3 Å². The quantitative estimate of drug-likeness (QED) is 0.742. The number of rotatable bonds is 6. The lowest BCUT2D eigenvalue weighted by atomic mass is 10.3. The van der Waals surface area contributed by atoms with Crippen LogP contribution in [0, 0.1) is 0 Å². The van der Waals surface area contributed by atoms with Crippen molar-refractivity contribution in [3.63, 3.8) is 0 Å². The third-order valence-corrected chi connectivity index (χ3v) is 5.65. The maximum absolute atomic E-state index is 12.1. The van der Waals surface area contributed by atoms with Crippen LogP contribution in [0.15, 0.2) is 33.6 Å². The third kappa shape index (κ3) is 5.84. The summed E-state index contributed by atoms with van der Waals surface area (Å²) < 4.78 is 32.8. The molecule has 0 aliphatic carbocycles. The molecule has 1 aliphatic heterocycles. The molecular formula is C13H20BrClN2O3S. The van der Waals surface area contributed by atoms with E-state index < -0.39 is 10.0 Å². The van der Waals surface area contributed by atoms with Gasteiger partial charge in [0.25, 0.3) is 0 Å². The normalized spacial score (nSPS) is 16.4. The summed E-state index contributed by atoms with van der Waals surface area (Å²) in [6, 6.07) is 6.82. The van der Waals surface area contributed by atoms with E-state index in [0.717, 1.165) is 39.3 Å². The molecule has 0 aromatic heterocycles. The van der Waals surface area contributed by atoms with Crippen molar-refractivity contribution in [3.05, 3.63) is 28.7 Å². The van der Waals surface area contributed by atoms with E-state index in [2.05, 4.69) is 25.6 Å². The fraction of sp³-hybridized carbons (Fsp3) is 0.538. The largest absolute Gasteiger partial charge is 0.379 e. The predicted molar refractivity (Wildman–Crippen MR) is 88.5 cm³/mol. The Labute approximate surface area is 140 Å². The number of hydrogen-bond acceptors (Lipinski definition) is 4. The molecule has 1 N–H and O–H groups in total. The van der Waals surface area contributed by atoms with Gasteiger partial charge >= 0.3 is 0 Å². The summed E-state index contributed by atoms with van der Waals surface area (Å²) in [5.74, 6) is 0. The van der Waals surface area contributed by atoms with Crippen molar-refractivity contribution < 1.29 is 13.2 Å². The van der Waals surface area contributed by atoms with Crippen molar-refractivity contribution in [1.29, 1.82) is 0 Å². The second-order valence-electron chi connectivity index (χ2n) is 4.64. The highest BCUT2D eigenvalue weighted by Gasteiger charge is 2.16. The first kappa shape index (κ1) is 18.9. The smallest absolute Gasteiger partial charge is 0.241 e. The number of ether oxygens (including phenoxy) is 1. The SMILES string of the molecule is Cl.O=S(=O)(NCCCN1CCOCC1)c1ccccc1Br. The Kier molecular flexibility index (Phi) is 8.15. The monoisotopic (exact) mass is 398 g/mol. The fourth-order valence-corrected chi connectivity index (χ4v) is 4.15. The molecule has 0 amide bonds. The van der Waals surface area contributed by atoms with E-state index in [1.807, 2.05) is 0 Å². The summed E-state index contributed by atoms with van der Waals surface area (Å²) in [6.07, 6.45) is 0.795. The predicted octanol–water partition coefficient (Wildman–Crippen LogP) is 1.87. The number of halogens is 2. The van der Waals surface area contributed by atoms with Gasteiger partial charge in [-0.05, 0) is 41.0 Å². The number of nitrogens with one attached hydrogen (secondary N) is 1. The van der Waals surface area contributed by atoms with Gasteiger partial charge in [-0.1, -0.05) is 12.1 Å². The molecule has 1 heterocycles. The van der Waals surface area contributed by atoms with Gasteiger partial charge in [-0.15, -0.1) is 12.4 Å². The minimum atomic E-state index is -3.43. The van der Waals surface area contributed by atoms with Gasteiger partial charge in [0.1, 0.15) is 0 Å². The Bertz CT molecular complexity index is 536. The van der Waals surface area contributed by atoms with Gasteiger partial charge in [-0.3, -0.25) is 4.90 Å². The number of morpholine rings is 1. The van der Waals surface area contributed by atoms with E-state index in [4.69, 9.17) is 4.74 Å². The van der Waals surface area contributed by atoms with Crippen molar-refractivity contribution in [2.45, 2.75) is 11.3 Å². The van der Waals surface area contributed by atoms with Gasteiger partial charge in [-0.2, -0.15) is 0 Å². The molecule has 0 atom stereocenters. The summed E-state index contributed by atoms with van der Waals surface area (Å²) in [5.41, 5.74) is 0. The second-order valence-corrected chi connectivity index (χ2v) is 7.23. The maximum Gasteiger partial charge on any atom is 0.241 e. The van der Waals surface area contributed by atoms with E-state index in [9.17, 15) is 8.42 Å². The van der Waals surface area contributed by atoms with E-state index >= 15 is 0 Å².